The van der Waals surface area contributed by atoms with Gasteiger partial charge in [0.25, 0.3) is 0 Å². The standard InChI is InChI=1S/C12H9NO2S/c16-7-9-6-12(15-13-9)11-5-8-3-1-2-4-10(8)14-11/h1-6,16H,7H2. The minimum Gasteiger partial charge on any atom is -0.453 e. The Balaban J connectivity index is 2.11. The molecule has 4 heteroatoms. The molecule has 0 saturated carbocycles. The highest BCUT2D eigenvalue weighted by Gasteiger charge is 2.10. The molecule has 3 aromatic rings. The molecule has 3 nitrogen and oxygen atoms in total. The molecule has 80 valence electrons. The van der Waals surface area contributed by atoms with Gasteiger partial charge in [0.05, 0.1) is 5.69 Å². The molecular weight excluding hydrogens is 222 g/mol. The highest BCUT2D eigenvalue weighted by atomic mass is 32.1. The first kappa shape index (κ1) is 9.54. The van der Waals surface area contributed by atoms with E-state index in [9.17, 15) is 0 Å². The molecule has 0 N–H and O–H groups in total. The Labute approximate surface area is 97.4 Å². The van der Waals surface area contributed by atoms with Crippen LogP contribution in [-0.4, -0.2) is 5.16 Å². The third kappa shape index (κ3) is 1.51. The summed E-state index contributed by atoms with van der Waals surface area (Å²) in [6, 6.07) is 11.6. The van der Waals surface area contributed by atoms with Gasteiger partial charge in [0.1, 0.15) is 5.58 Å². The Morgan fingerprint density at radius 3 is 2.75 bits per heavy atom. The van der Waals surface area contributed by atoms with Gasteiger partial charge in [-0.2, -0.15) is 12.6 Å². The zero-order valence-electron chi connectivity index (χ0n) is 8.38. The van der Waals surface area contributed by atoms with Crippen molar-refractivity contribution in [1.29, 1.82) is 0 Å². The summed E-state index contributed by atoms with van der Waals surface area (Å²) in [5, 5.41) is 4.93. The van der Waals surface area contributed by atoms with Gasteiger partial charge in [-0.05, 0) is 12.1 Å². The van der Waals surface area contributed by atoms with E-state index in [0.717, 1.165) is 16.7 Å². The van der Waals surface area contributed by atoms with Crippen LogP contribution in [0.25, 0.3) is 22.5 Å². The van der Waals surface area contributed by atoms with Crippen LogP contribution >= 0.6 is 12.6 Å². The van der Waals surface area contributed by atoms with E-state index in [2.05, 4.69) is 17.8 Å². The Morgan fingerprint density at radius 2 is 2.00 bits per heavy atom. The number of fused-ring (bicyclic) bond motifs is 1. The monoisotopic (exact) mass is 231 g/mol. The zero-order chi connectivity index (χ0) is 11.0. The number of hydrogen-bond donors (Lipinski definition) is 1. The van der Waals surface area contributed by atoms with Crippen molar-refractivity contribution < 1.29 is 8.94 Å². The predicted molar refractivity (Wildman–Crippen MR) is 64.4 cm³/mol. The van der Waals surface area contributed by atoms with Crippen LogP contribution in [0, 0.1) is 0 Å². The van der Waals surface area contributed by atoms with Gasteiger partial charge < -0.3 is 8.94 Å². The van der Waals surface area contributed by atoms with Crippen LogP contribution < -0.4 is 0 Å². The van der Waals surface area contributed by atoms with Crippen LogP contribution in [-0.2, 0) is 5.75 Å². The van der Waals surface area contributed by atoms with Crippen LogP contribution in [0.4, 0.5) is 0 Å². The van der Waals surface area contributed by atoms with Crippen molar-refractivity contribution in [3.63, 3.8) is 0 Å². The molecule has 3 rings (SSSR count). The fourth-order valence-corrected chi connectivity index (χ4v) is 1.75. The number of aromatic nitrogens is 1. The second-order valence-corrected chi connectivity index (χ2v) is 3.81. The van der Waals surface area contributed by atoms with Gasteiger partial charge in [-0.15, -0.1) is 0 Å². The van der Waals surface area contributed by atoms with Gasteiger partial charge in [0.2, 0.25) is 5.76 Å². The highest BCUT2D eigenvalue weighted by Crippen LogP contribution is 2.28. The number of hydrogen-bond acceptors (Lipinski definition) is 4. The molecule has 0 spiro atoms. The molecular formula is C12H9NO2S. The topological polar surface area (TPSA) is 39.2 Å². The predicted octanol–water partition coefficient (Wildman–Crippen LogP) is 3.52. The van der Waals surface area contributed by atoms with Crippen molar-refractivity contribution in [2.45, 2.75) is 5.75 Å². The summed E-state index contributed by atoms with van der Waals surface area (Å²) in [6.07, 6.45) is 0. The molecule has 0 aliphatic heterocycles. The molecule has 0 atom stereocenters. The average Bonchev–Trinajstić information content (AvgIpc) is 2.95. The van der Waals surface area contributed by atoms with Gasteiger partial charge in [-0.25, -0.2) is 0 Å². The van der Waals surface area contributed by atoms with Crippen LogP contribution in [0.2, 0.25) is 0 Å². The summed E-state index contributed by atoms with van der Waals surface area (Å²) in [5.41, 5.74) is 1.65. The van der Waals surface area contributed by atoms with Crippen molar-refractivity contribution in [1.82, 2.24) is 5.16 Å². The summed E-state index contributed by atoms with van der Waals surface area (Å²) in [4.78, 5) is 0. The quantitative estimate of drug-likeness (QED) is 0.686. The third-order valence-corrected chi connectivity index (χ3v) is 2.71. The summed E-state index contributed by atoms with van der Waals surface area (Å²) < 4.78 is 10.8. The van der Waals surface area contributed by atoms with E-state index in [1.54, 1.807) is 0 Å². The molecule has 0 amide bonds. The van der Waals surface area contributed by atoms with E-state index in [1.807, 2.05) is 36.4 Å². The number of benzene rings is 1. The molecule has 2 aromatic heterocycles. The SMILES string of the molecule is SCc1cc(-c2cc3ccccc3o2)on1. The maximum atomic E-state index is 5.65. The number of furan rings is 1. The summed E-state index contributed by atoms with van der Waals surface area (Å²) in [6.45, 7) is 0. The second-order valence-electron chi connectivity index (χ2n) is 3.49. The van der Waals surface area contributed by atoms with E-state index in [4.69, 9.17) is 8.94 Å². The van der Waals surface area contributed by atoms with Gasteiger partial charge in [-0.1, -0.05) is 23.4 Å². The summed E-state index contributed by atoms with van der Waals surface area (Å²) >= 11 is 4.13. The molecule has 2 heterocycles. The van der Waals surface area contributed by atoms with Crippen LogP contribution in [0.15, 0.2) is 45.3 Å². The molecule has 16 heavy (non-hydrogen) atoms. The molecule has 0 aliphatic carbocycles. The number of rotatable bonds is 2. The Bertz CT molecular complexity index is 594. The maximum Gasteiger partial charge on any atom is 0.202 e. The largest absolute Gasteiger partial charge is 0.453 e. The van der Waals surface area contributed by atoms with E-state index >= 15 is 0 Å². The van der Waals surface area contributed by atoms with Crippen LogP contribution in [0.1, 0.15) is 5.69 Å². The molecule has 1 aromatic carbocycles. The fraction of sp³-hybridized carbons (Fsp3) is 0.0833. The Morgan fingerprint density at radius 1 is 1.12 bits per heavy atom. The highest BCUT2D eigenvalue weighted by molar-refractivity contribution is 7.79. The van der Waals surface area contributed by atoms with Gasteiger partial charge >= 0.3 is 0 Å². The first-order valence-electron chi connectivity index (χ1n) is 4.92. The molecule has 0 fully saturated rings. The number of para-hydroxylation sites is 1. The zero-order valence-corrected chi connectivity index (χ0v) is 9.28. The van der Waals surface area contributed by atoms with E-state index in [1.165, 1.54) is 0 Å². The number of thiol groups is 1. The fourth-order valence-electron chi connectivity index (χ4n) is 1.61. The minimum atomic E-state index is 0.559. The lowest BCUT2D eigenvalue weighted by atomic mass is 10.2. The molecule has 0 unspecified atom stereocenters. The first-order chi connectivity index (χ1) is 7.86. The van der Waals surface area contributed by atoms with Gasteiger partial charge in [0.15, 0.2) is 5.76 Å². The molecule has 0 radical (unpaired) electrons. The Kier molecular flexibility index (Phi) is 2.22. The molecule has 0 aliphatic rings. The number of nitrogens with zero attached hydrogens (tertiary/aromatic N) is 1. The third-order valence-electron chi connectivity index (χ3n) is 2.39. The smallest absolute Gasteiger partial charge is 0.202 e. The van der Waals surface area contributed by atoms with E-state index in [-0.39, 0.29) is 0 Å². The summed E-state index contributed by atoms with van der Waals surface area (Å²) in [7, 11) is 0. The molecule has 0 saturated heterocycles. The van der Waals surface area contributed by atoms with Gasteiger partial charge in [-0.3, -0.25) is 0 Å². The maximum absolute atomic E-state index is 5.65. The lowest BCUT2D eigenvalue weighted by molar-refractivity contribution is 0.416. The Hall–Kier alpha value is -1.68. The van der Waals surface area contributed by atoms with Crippen molar-refractivity contribution in [3.05, 3.63) is 42.1 Å². The summed E-state index contributed by atoms with van der Waals surface area (Å²) in [5.74, 6) is 1.89. The van der Waals surface area contributed by atoms with Crippen molar-refractivity contribution in [3.8, 4) is 11.5 Å². The van der Waals surface area contributed by atoms with Crippen molar-refractivity contribution in [2.24, 2.45) is 0 Å². The van der Waals surface area contributed by atoms with E-state index < -0.39 is 0 Å². The normalized spacial score (nSPS) is 11.1. The van der Waals surface area contributed by atoms with Gasteiger partial charge in [0, 0.05) is 17.2 Å². The molecule has 0 bridgehead atoms. The van der Waals surface area contributed by atoms with Crippen LogP contribution in [0.5, 0.6) is 0 Å². The lowest BCUT2D eigenvalue weighted by Crippen LogP contribution is -1.71. The van der Waals surface area contributed by atoms with Crippen LogP contribution in [0.3, 0.4) is 0 Å². The minimum absolute atomic E-state index is 0.559. The van der Waals surface area contributed by atoms with Crippen molar-refractivity contribution in [2.75, 3.05) is 0 Å². The van der Waals surface area contributed by atoms with E-state index in [0.29, 0.717) is 17.3 Å². The first-order valence-corrected chi connectivity index (χ1v) is 5.55. The second kappa shape index (κ2) is 3.72. The lowest BCUT2D eigenvalue weighted by Gasteiger charge is -1.85. The average molecular weight is 231 g/mol. The van der Waals surface area contributed by atoms with Crippen molar-refractivity contribution >= 4 is 23.6 Å².